The van der Waals surface area contributed by atoms with Crippen molar-refractivity contribution in [1.82, 2.24) is 9.78 Å². The molecule has 94 valence electrons. The number of carboxylic acids is 1. The lowest BCUT2D eigenvalue weighted by atomic mass is 10.2. The first-order valence-corrected chi connectivity index (χ1v) is 5.41. The van der Waals surface area contributed by atoms with Crippen LogP contribution in [0, 0.1) is 0 Å². The molecule has 0 bridgehead atoms. The van der Waals surface area contributed by atoms with E-state index in [0.717, 1.165) is 4.68 Å². The number of phenolic OH excluding ortho intramolecular Hbond substituents is 1. The zero-order chi connectivity index (χ0) is 13.3. The van der Waals surface area contributed by atoms with Crippen molar-refractivity contribution in [2.75, 3.05) is 0 Å². The van der Waals surface area contributed by atoms with Crippen LogP contribution in [0.25, 0.3) is 5.69 Å². The number of hydrogen-bond acceptors (Lipinski definition) is 3. The predicted molar refractivity (Wildman–Crippen MR) is 64.4 cm³/mol. The first-order valence-electron chi connectivity index (χ1n) is 5.41. The van der Waals surface area contributed by atoms with Gasteiger partial charge in [0, 0.05) is 0 Å². The van der Waals surface area contributed by atoms with Crippen LogP contribution >= 0.6 is 0 Å². The Balaban J connectivity index is 2.63. The van der Waals surface area contributed by atoms with Crippen molar-refractivity contribution in [2.24, 2.45) is 0 Å². The van der Waals surface area contributed by atoms with E-state index in [-0.39, 0.29) is 11.3 Å². The summed E-state index contributed by atoms with van der Waals surface area (Å²) in [7, 11) is 0. The van der Waals surface area contributed by atoms with Crippen molar-refractivity contribution in [3.8, 4) is 11.4 Å². The van der Waals surface area contributed by atoms with E-state index in [1.54, 1.807) is 6.92 Å². The molecule has 0 atom stereocenters. The number of benzene rings is 1. The highest BCUT2D eigenvalue weighted by molar-refractivity contribution is 5.88. The molecule has 0 saturated carbocycles. The SMILES string of the molecule is CCc1[nH]n(-c2ccc(O)cc2)c(=O)c1C(=O)O. The van der Waals surface area contributed by atoms with Crippen LogP contribution in [0.2, 0.25) is 0 Å². The number of aromatic carboxylic acids is 1. The molecule has 6 heteroatoms. The monoisotopic (exact) mass is 248 g/mol. The van der Waals surface area contributed by atoms with Crippen molar-refractivity contribution in [2.45, 2.75) is 13.3 Å². The largest absolute Gasteiger partial charge is 0.508 e. The summed E-state index contributed by atoms with van der Waals surface area (Å²) in [6.07, 6.45) is 0.419. The van der Waals surface area contributed by atoms with E-state index in [0.29, 0.717) is 17.8 Å². The van der Waals surface area contributed by atoms with Gasteiger partial charge >= 0.3 is 5.97 Å². The average molecular weight is 248 g/mol. The highest BCUT2D eigenvalue weighted by atomic mass is 16.4. The van der Waals surface area contributed by atoms with Crippen LogP contribution in [0.5, 0.6) is 5.75 Å². The molecule has 0 aliphatic rings. The van der Waals surface area contributed by atoms with Crippen LogP contribution in [0.15, 0.2) is 29.1 Å². The number of aryl methyl sites for hydroxylation is 1. The smallest absolute Gasteiger partial charge is 0.343 e. The third kappa shape index (κ3) is 1.88. The number of phenols is 1. The Kier molecular flexibility index (Phi) is 2.93. The van der Waals surface area contributed by atoms with Gasteiger partial charge in [-0.05, 0) is 30.7 Å². The Bertz CT molecular complexity index is 637. The highest BCUT2D eigenvalue weighted by Gasteiger charge is 2.19. The Labute approximate surface area is 102 Å². The first-order chi connectivity index (χ1) is 8.54. The molecule has 0 spiro atoms. The zero-order valence-corrected chi connectivity index (χ0v) is 9.67. The number of carboxylic acid groups (broad SMARTS) is 1. The van der Waals surface area contributed by atoms with Gasteiger partial charge in [-0.3, -0.25) is 9.89 Å². The Hall–Kier alpha value is -2.50. The van der Waals surface area contributed by atoms with Gasteiger partial charge in [-0.2, -0.15) is 0 Å². The summed E-state index contributed by atoms with van der Waals surface area (Å²) in [5, 5.41) is 20.9. The lowest BCUT2D eigenvalue weighted by Crippen LogP contribution is -2.20. The van der Waals surface area contributed by atoms with Crippen LogP contribution in [-0.2, 0) is 6.42 Å². The minimum absolute atomic E-state index is 0.0764. The lowest BCUT2D eigenvalue weighted by Gasteiger charge is -2.01. The summed E-state index contributed by atoms with van der Waals surface area (Å²) in [6, 6.07) is 5.90. The van der Waals surface area contributed by atoms with Crippen LogP contribution in [0.1, 0.15) is 23.0 Å². The predicted octanol–water partition coefficient (Wildman–Crippen LogP) is 1.13. The quantitative estimate of drug-likeness (QED) is 0.758. The summed E-state index contributed by atoms with van der Waals surface area (Å²) in [5.74, 6) is -1.17. The number of hydrogen-bond donors (Lipinski definition) is 3. The molecule has 0 fully saturated rings. The summed E-state index contributed by atoms with van der Waals surface area (Å²) in [5.41, 5.74) is -0.00353. The van der Waals surface area contributed by atoms with Crippen LogP contribution in [-0.4, -0.2) is 26.0 Å². The fraction of sp³-hybridized carbons (Fsp3) is 0.167. The maximum atomic E-state index is 12.0. The van der Waals surface area contributed by atoms with E-state index < -0.39 is 11.5 Å². The number of nitrogens with one attached hydrogen (secondary N) is 1. The van der Waals surface area contributed by atoms with E-state index in [9.17, 15) is 14.7 Å². The lowest BCUT2D eigenvalue weighted by molar-refractivity contribution is 0.0694. The summed E-state index contributed by atoms with van der Waals surface area (Å²) in [4.78, 5) is 23.0. The molecule has 0 unspecified atom stereocenters. The van der Waals surface area contributed by atoms with Gasteiger partial charge in [-0.15, -0.1) is 0 Å². The van der Waals surface area contributed by atoms with Gasteiger partial charge in [0.15, 0.2) is 0 Å². The number of rotatable bonds is 3. The van der Waals surface area contributed by atoms with Crippen LogP contribution < -0.4 is 5.56 Å². The summed E-state index contributed by atoms with van der Waals surface area (Å²) < 4.78 is 1.15. The standard InChI is InChI=1S/C12H12N2O4/c1-2-9-10(12(17)18)11(16)14(13-9)7-3-5-8(15)6-4-7/h3-6,13,15H,2H2,1H3,(H,17,18). The van der Waals surface area contributed by atoms with Gasteiger partial charge in [0.05, 0.1) is 11.4 Å². The molecule has 2 rings (SSSR count). The van der Waals surface area contributed by atoms with Crippen molar-refractivity contribution >= 4 is 5.97 Å². The maximum absolute atomic E-state index is 12.0. The van der Waals surface area contributed by atoms with Gasteiger partial charge in [-0.25, -0.2) is 9.48 Å². The summed E-state index contributed by atoms with van der Waals surface area (Å²) in [6.45, 7) is 1.76. The van der Waals surface area contributed by atoms with Gasteiger partial charge < -0.3 is 10.2 Å². The number of H-pyrrole nitrogens is 1. The maximum Gasteiger partial charge on any atom is 0.343 e. The molecule has 0 amide bonds. The average Bonchev–Trinajstić information content (AvgIpc) is 2.67. The van der Waals surface area contributed by atoms with E-state index >= 15 is 0 Å². The minimum atomic E-state index is -1.24. The van der Waals surface area contributed by atoms with Crippen LogP contribution in [0.4, 0.5) is 0 Å². The van der Waals surface area contributed by atoms with Gasteiger partial charge in [0.25, 0.3) is 5.56 Å². The second kappa shape index (κ2) is 4.40. The normalized spacial score (nSPS) is 10.5. The van der Waals surface area contributed by atoms with E-state index in [2.05, 4.69) is 5.10 Å². The van der Waals surface area contributed by atoms with E-state index in [4.69, 9.17) is 5.11 Å². The molecule has 6 nitrogen and oxygen atoms in total. The number of aromatic hydroxyl groups is 1. The molecule has 0 saturated heterocycles. The number of nitrogens with zero attached hydrogens (tertiary/aromatic N) is 1. The molecule has 3 N–H and O–H groups in total. The van der Waals surface area contributed by atoms with Gasteiger partial charge in [0.1, 0.15) is 11.3 Å². The Morgan fingerprint density at radius 1 is 1.33 bits per heavy atom. The zero-order valence-electron chi connectivity index (χ0n) is 9.67. The number of carbonyl (C=O) groups is 1. The Morgan fingerprint density at radius 2 is 1.94 bits per heavy atom. The first kappa shape index (κ1) is 12.0. The second-order valence-electron chi connectivity index (χ2n) is 3.78. The topological polar surface area (TPSA) is 95.3 Å². The third-order valence-electron chi connectivity index (χ3n) is 2.64. The molecular formula is C12H12N2O4. The molecule has 18 heavy (non-hydrogen) atoms. The fourth-order valence-corrected chi connectivity index (χ4v) is 1.74. The van der Waals surface area contributed by atoms with E-state index in [1.807, 2.05) is 0 Å². The fourth-order valence-electron chi connectivity index (χ4n) is 1.74. The van der Waals surface area contributed by atoms with Gasteiger partial charge in [-0.1, -0.05) is 6.92 Å². The molecule has 0 radical (unpaired) electrons. The molecule has 2 aromatic rings. The molecule has 0 aliphatic carbocycles. The van der Waals surface area contributed by atoms with Crippen molar-refractivity contribution < 1.29 is 15.0 Å². The number of aromatic nitrogens is 2. The number of aromatic amines is 1. The minimum Gasteiger partial charge on any atom is -0.508 e. The third-order valence-corrected chi connectivity index (χ3v) is 2.64. The van der Waals surface area contributed by atoms with Crippen molar-refractivity contribution in [3.63, 3.8) is 0 Å². The second-order valence-corrected chi connectivity index (χ2v) is 3.78. The Morgan fingerprint density at radius 3 is 2.39 bits per heavy atom. The van der Waals surface area contributed by atoms with E-state index in [1.165, 1.54) is 24.3 Å². The molecule has 1 aromatic heterocycles. The molecule has 0 aliphatic heterocycles. The van der Waals surface area contributed by atoms with Crippen molar-refractivity contribution in [3.05, 3.63) is 45.9 Å². The molecular weight excluding hydrogens is 236 g/mol. The highest BCUT2D eigenvalue weighted by Crippen LogP contribution is 2.13. The van der Waals surface area contributed by atoms with Crippen LogP contribution in [0.3, 0.4) is 0 Å². The summed E-state index contributed by atoms with van der Waals surface area (Å²) >= 11 is 0. The van der Waals surface area contributed by atoms with Crippen molar-refractivity contribution in [1.29, 1.82) is 0 Å². The molecule has 1 aromatic carbocycles. The molecule has 1 heterocycles. The van der Waals surface area contributed by atoms with Gasteiger partial charge in [0.2, 0.25) is 0 Å².